The zero-order valence-corrected chi connectivity index (χ0v) is 31.8. The van der Waals surface area contributed by atoms with E-state index in [-0.39, 0.29) is 13.7 Å². The van der Waals surface area contributed by atoms with Crippen molar-refractivity contribution in [3.8, 4) is 33.6 Å². The minimum atomic E-state index is 0.0146. The monoisotopic (exact) mass is 732 g/mol. The summed E-state index contributed by atoms with van der Waals surface area (Å²) in [6.07, 6.45) is 0. The van der Waals surface area contributed by atoms with Gasteiger partial charge in [-0.2, -0.15) is 0 Å². The minimum Gasteiger partial charge on any atom is -0.374 e. The van der Waals surface area contributed by atoms with Crippen LogP contribution in [0.2, 0.25) is 0 Å². The molecule has 4 aromatic heterocycles. The third-order valence-electron chi connectivity index (χ3n) is 14.8. The molecule has 58 heavy (non-hydrogen) atoms. The van der Waals surface area contributed by atoms with Crippen molar-refractivity contribution in [3.05, 3.63) is 157 Å². The molecule has 12 aromatic rings. The molecular weight excluding hydrogens is 702 g/mol. The number of aromatic nitrogens is 4. The molecule has 4 aliphatic heterocycles. The van der Waals surface area contributed by atoms with Crippen LogP contribution in [0.5, 0.6) is 0 Å². The lowest BCUT2D eigenvalue weighted by Gasteiger charge is -2.35. The van der Waals surface area contributed by atoms with Crippen LogP contribution < -0.4 is 21.9 Å². The third kappa shape index (κ3) is 2.88. The zero-order valence-electron chi connectivity index (χ0n) is 31.8. The molecular formula is C52H30B2N4. The fourth-order valence-electron chi connectivity index (χ4n) is 12.8. The number of aryl methyl sites for hydroxylation is 2. The second-order valence-corrected chi connectivity index (χ2v) is 17.2. The summed E-state index contributed by atoms with van der Waals surface area (Å²) in [4.78, 5) is 0. The largest absolute Gasteiger partial charge is 0.374 e. The van der Waals surface area contributed by atoms with Gasteiger partial charge in [-0.1, -0.05) is 121 Å². The number of nitrogens with zero attached hydrogens (tertiary/aromatic N) is 4. The van der Waals surface area contributed by atoms with E-state index in [1.54, 1.807) is 0 Å². The second kappa shape index (κ2) is 9.33. The summed E-state index contributed by atoms with van der Waals surface area (Å²) in [5.41, 5.74) is 26.9. The van der Waals surface area contributed by atoms with Crippen molar-refractivity contribution in [1.82, 2.24) is 18.1 Å². The van der Waals surface area contributed by atoms with Crippen LogP contribution in [-0.4, -0.2) is 31.8 Å². The molecule has 0 fully saturated rings. The smallest absolute Gasteiger partial charge is 0.333 e. The Hall–Kier alpha value is -7.17. The van der Waals surface area contributed by atoms with E-state index in [9.17, 15) is 0 Å². The predicted octanol–water partition coefficient (Wildman–Crippen LogP) is 9.46. The maximum absolute atomic E-state index is 2.79. The van der Waals surface area contributed by atoms with Gasteiger partial charge in [0, 0.05) is 65.9 Å². The number of rotatable bonds is 0. The van der Waals surface area contributed by atoms with Crippen LogP contribution in [-0.2, 0) is 0 Å². The molecule has 0 amide bonds. The van der Waals surface area contributed by atoms with E-state index in [4.69, 9.17) is 0 Å². The van der Waals surface area contributed by atoms with Gasteiger partial charge in [0.1, 0.15) is 0 Å². The normalized spacial score (nSPS) is 14.0. The van der Waals surface area contributed by atoms with E-state index in [0.29, 0.717) is 0 Å². The number of hydrogen-bond acceptors (Lipinski definition) is 0. The van der Waals surface area contributed by atoms with Crippen LogP contribution in [0.3, 0.4) is 0 Å². The molecule has 0 N–H and O–H groups in total. The molecule has 4 aliphatic rings. The van der Waals surface area contributed by atoms with Gasteiger partial charge in [-0.3, -0.25) is 0 Å². The summed E-state index contributed by atoms with van der Waals surface area (Å²) < 4.78 is 10.7. The Morgan fingerprint density at radius 3 is 1.24 bits per heavy atom. The average Bonchev–Trinajstić information content (AvgIpc) is 3.99. The van der Waals surface area contributed by atoms with E-state index in [0.717, 1.165) is 0 Å². The maximum atomic E-state index is 2.79. The third-order valence-corrected chi connectivity index (χ3v) is 14.8. The molecule has 6 heteroatoms. The Labute approximate surface area is 333 Å². The first-order chi connectivity index (χ1) is 28.7. The molecule has 0 saturated carbocycles. The van der Waals surface area contributed by atoms with Gasteiger partial charge in [-0.05, 0) is 82.2 Å². The Bertz CT molecular complexity index is 3760. The molecule has 16 rings (SSSR count). The summed E-state index contributed by atoms with van der Waals surface area (Å²) >= 11 is 0. The Morgan fingerprint density at radius 1 is 0.345 bits per heavy atom. The van der Waals surface area contributed by atoms with Gasteiger partial charge in [0.15, 0.2) is 0 Å². The number of fused-ring (bicyclic) bond motifs is 19. The quantitative estimate of drug-likeness (QED) is 0.139. The molecule has 0 unspecified atom stereocenters. The highest BCUT2D eigenvalue weighted by molar-refractivity contribution is 6.92. The van der Waals surface area contributed by atoms with Gasteiger partial charge in [-0.25, -0.2) is 0 Å². The topological polar surface area (TPSA) is 19.7 Å². The lowest BCUT2D eigenvalue weighted by Crippen LogP contribution is -2.55. The van der Waals surface area contributed by atoms with E-state index in [2.05, 4.69) is 178 Å². The zero-order chi connectivity index (χ0) is 37.4. The van der Waals surface area contributed by atoms with Crippen molar-refractivity contribution in [2.45, 2.75) is 13.8 Å². The van der Waals surface area contributed by atoms with Crippen LogP contribution in [0.1, 0.15) is 11.1 Å². The molecule has 0 bridgehead atoms. The molecule has 8 aromatic carbocycles. The Morgan fingerprint density at radius 2 is 0.759 bits per heavy atom. The number of benzene rings is 8. The fourth-order valence-corrected chi connectivity index (χ4v) is 12.8. The molecule has 0 spiro atoms. The highest BCUT2D eigenvalue weighted by Crippen LogP contribution is 2.50. The first-order valence-corrected chi connectivity index (χ1v) is 20.6. The molecule has 8 heterocycles. The maximum Gasteiger partial charge on any atom is 0.333 e. The van der Waals surface area contributed by atoms with Crippen LogP contribution in [0, 0.1) is 13.8 Å². The van der Waals surface area contributed by atoms with Gasteiger partial charge >= 0.3 is 13.7 Å². The summed E-state index contributed by atoms with van der Waals surface area (Å²) in [7, 11) is 0. The number of hydrogen-bond donors (Lipinski definition) is 0. The fraction of sp³-hybridized carbons (Fsp3) is 0.0385. The summed E-state index contributed by atoms with van der Waals surface area (Å²) in [5, 5.41) is 7.94. The van der Waals surface area contributed by atoms with Crippen molar-refractivity contribution in [2.75, 3.05) is 0 Å². The van der Waals surface area contributed by atoms with Crippen LogP contribution >= 0.6 is 0 Å². The molecule has 0 aliphatic carbocycles. The van der Waals surface area contributed by atoms with Crippen molar-refractivity contribution in [3.63, 3.8) is 0 Å². The molecule has 0 saturated heterocycles. The Kier molecular flexibility index (Phi) is 4.69. The van der Waals surface area contributed by atoms with Crippen molar-refractivity contribution in [2.24, 2.45) is 0 Å². The molecule has 0 atom stereocenters. The highest BCUT2D eigenvalue weighted by Gasteiger charge is 2.46. The van der Waals surface area contributed by atoms with E-state index < -0.39 is 0 Å². The first kappa shape index (κ1) is 29.1. The minimum absolute atomic E-state index is 0.0146. The lowest BCUT2D eigenvalue weighted by molar-refractivity contribution is 1.17. The van der Waals surface area contributed by atoms with E-state index in [1.165, 1.54) is 143 Å². The summed E-state index contributed by atoms with van der Waals surface area (Å²) in [6, 6.07) is 55.8. The van der Waals surface area contributed by atoms with E-state index >= 15 is 0 Å². The molecule has 0 radical (unpaired) electrons. The summed E-state index contributed by atoms with van der Waals surface area (Å²) in [5.74, 6) is 0. The van der Waals surface area contributed by atoms with Crippen LogP contribution in [0.25, 0.3) is 110 Å². The van der Waals surface area contributed by atoms with Crippen molar-refractivity contribution < 1.29 is 0 Å². The molecule has 4 nitrogen and oxygen atoms in total. The van der Waals surface area contributed by atoms with Gasteiger partial charge in [-0.15, -0.1) is 0 Å². The standard InChI is InChI=1S/C52H30B2N4/c1-27-23-25-41-45-43(27)33-15-7-17-35-47(33)57(53(45)37-19-9-13-31-29-11-3-5-21-39(29)55(41)49(31)37)52-36-18-8-16-34-44-28(2)24-26-42-46(44)54(58(48(34)36)51(35)52)38-20-10-14-32-30-12-4-6-22-40(30)56(42)50(32)38/h3-26H,1-2H3. The SMILES string of the molecule is Cc1ccc2c3c1-c1cccc4c1n(c1c5cccc6c5n(c41)B1c4c(ccc(C)c4-6)-n4c5ccccc5c5cccc1c54)B3c1cccc3c4ccccc4n-2c13. The summed E-state index contributed by atoms with van der Waals surface area (Å²) in [6.45, 7) is 4.66. The lowest BCUT2D eigenvalue weighted by atomic mass is 9.45. The van der Waals surface area contributed by atoms with Crippen molar-refractivity contribution >= 4 is 112 Å². The first-order valence-electron chi connectivity index (χ1n) is 20.6. The van der Waals surface area contributed by atoms with Gasteiger partial charge in [0.25, 0.3) is 0 Å². The van der Waals surface area contributed by atoms with Crippen LogP contribution in [0.4, 0.5) is 0 Å². The van der Waals surface area contributed by atoms with Crippen LogP contribution in [0.15, 0.2) is 146 Å². The Balaban J connectivity index is 1.14. The van der Waals surface area contributed by atoms with Gasteiger partial charge in [0.2, 0.25) is 0 Å². The van der Waals surface area contributed by atoms with E-state index in [1.807, 2.05) is 0 Å². The van der Waals surface area contributed by atoms with Gasteiger partial charge in [0.05, 0.1) is 33.1 Å². The number of para-hydroxylation sites is 6. The molecule has 264 valence electrons. The second-order valence-electron chi connectivity index (χ2n) is 17.2. The van der Waals surface area contributed by atoms with Gasteiger partial charge < -0.3 is 18.1 Å². The van der Waals surface area contributed by atoms with Crippen molar-refractivity contribution in [1.29, 1.82) is 0 Å². The predicted molar refractivity (Wildman–Crippen MR) is 245 cm³/mol. The average molecular weight is 732 g/mol. The highest BCUT2D eigenvalue weighted by atomic mass is 15.1.